The van der Waals surface area contributed by atoms with Crippen molar-refractivity contribution in [3.05, 3.63) is 63.9 Å². The van der Waals surface area contributed by atoms with Crippen LogP contribution < -0.4 is 10.1 Å². The van der Waals surface area contributed by atoms with Crippen molar-refractivity contribution in [1.29, 1.82) is 0 Å². The van der Waals surface area contributed by atoms with Crippen LogP contribution in [0.25, 0.3) is 0 Å². The third-order valence-electron chi connectivity index (χ3n) is 3.11. The summed E-state index contributed by atoms with van der Waals surface area (Å²) in [5.74, 6) is -0.319. The van der Waals surface area contributed by atoms with Crippen molar-refractivity contribution >= 4 is 29.1 Å². The summed E-state index contributed by atoms with van der Waals surface area (Å²) < 4.78 is 19.1. The summed E-state index contributed by atoms with van der Waals surface area (Å²) in [6.07, 6.45) is 1.50. The zero-order valence-electron chi connectivity index (χ0n) is 12.3. The zero-order chi connectivity index (χ0) is 16.7. The third-order valence-corrected chi connectivity index (χ3v) is 3.60. The number of unbranched alkanes of at least 4 members (excludes halogenated alkanes) is 1. The number of nitrogens with one attached hydrogen (secondary N) is 1. The maximum atomic E-state index is 13.6. The summed E-state index contributed by atoms with van der Waals surface area (Å²) in [4.78, 5) is 11.8. The molecule has 0 aromatic heterocycles. The minimum absolute atomic E-state index is 0.00758. The van der Waals surface area contributed by atoms with E-state index in [0.717, 1.165) is 24.7 Å². The Hall–Kier alpha value is -1.78. The predicted octanol–water partition coefficient (Wildman–Crippen LogP) is 4.72. The molecule has 0 spiro atoms. The van der Waals surface area contributed by atoms with E-state index in [-0.39, 0.29) is 10.6 Å². The second kappa shape index (κ2) is 8.75. The lowest BCUT2D eigenvalue weighted by Crippen LogP contribution is -2.25. The number of amides is 1. The number of halogens is 3. The monoisotopic (exact) mass is 355 g/mol. The van der Waals surface area contributed by atoms with Crippen molar-refractivity contribution in [2.45, 2.75) is 12.8 Å². The Morgan fingerprint density at radius 3 is 2.43 bits per heavy atom. The summed E-state index contributed by atoms with van der Waals surface area (Å²) in [7, 11) is 0. The first-order valence-corrected chi connectivity index (χ1v) is 7.93. The summed E-state index contributed by atoms with van der Waals surface area (Å²) in [5.41, 5.74) is -0.00758. The topological polar surface area (TPSA) is 38.3 Å². The van der Waals surface area contributed by atoms with Gasteiger partial charge in [-0.1, -0.05) is 23.2 Å². The van der Waals surface area contributed by atoms with Crippen molar-refractivity contribution in [2.24, 2.45) is 0 Å². The molecule has 0 saturated carbocycles. The second-order valence-corrected chi connectivity index (χ2v) is 5.76. The van der Waals surface area contributed by atoms with Gasteiger partial charge in [-0.15, -0.1) is 0 Å². The summed E-state index contributed by atoms with van der Waals surface area (Å²) in [6.45, 7) is 0.984. The first-order valence-electron chi connectivity index (χ1n) is 7.18. The van der Waals surface area contributed by atoms with Gasteiger partial charge in [-0.05, 0) is 55.3 Å². The lowest BCUT2D eigenvalue weighted by Gasteiger charge is -2.08. The highest BCUT2D eigenvalue weighted by molar-refractivity contribution is 6.30. The lowest BCUT2D eigenvalue weighted by molar-refractivity contribution is 0.0948. The smallest absolute Gasteiger partial charge is 0.254 e. The molecule has 0 fully saturated rings. The van der Waals surface area contributed by atoms with Gasteiger partial charge in [0, 0.05) is 16.6 Å². The van der Waals surface area contributed by atoms with Crippen LogP contribution in [0.3, 0.4) is 0 Å². The van der Waals surface area contributed by atoms with Crippen LogP contribution in [0, 0.1) is 5.82 Å². The van der Waals surface area contributed by atoms with Crippen LogP contribution in [0.2, 0.25) is 10.0 Å². The minimum Gasteiger partial charge on any atom is -0.494 e. The maximum Gasteiger partial charge on any atom is 0.254 e. The number of benzene rings is 2. The Morgan fingerprint density at radius 2 is 1.74 bits per heavy atom. The van der Waals surface area contributed by atoms with Crippen LogP contribution in [0.15, 0.2) is 42.5 Å². The Kier molecular flexibility index (Phi) is 6.68. The zero-order valence-corrected chi connectivity index (χ0v) is 13.8. The van der Waals surface area contributed by atoms with E-state index in [1.807, 2.05) is 0 Å². The molecule has 1 amide bonds. The van der Waals surface area contributed by atoms with E-state index in [9.17, 15) is 9.18 Å². The normalized spacial score (nSPS) is 10.4. The molecular formula is C17H16Cl2FNO2. The van der Waals surface area contributed by atoms with Gasteiger partial charge in [-0.3, -0.25) is 4.79 Å². The average Bonchev–Trinajstić information content (AvgIpc) is 2.52. The fourth-order valence-corrected chi connectivity index (χ4v) is 2.20. The van der Waals surface area contributed by atoms with E-state index in [1.165, 1.54) is 12.1 Å². The van der Waals surface area contributed by atoms with Crippen molar-refractivity contribution in [3.63, 3.8) is 0 Å². The number of rotatable bonds is 7. The fraction of sp³-hybridized carbons (Fsp3) is 0.235. The molecule has 0 saturated heterocycles. The lowest BCUT2D eigenvalue weighted by atomic mass is 10.2. The molecule has 3 nitrogen and oxygen atoms in total. The van der Waals surface area contributed by atoms with Crippen molar-refractivity contribution in [1.82, 2.24) is 5.32 Å². The highest BCUT2D eigenvalue weighted by Gasteiger charge is 2.11. The van der Waals surface area contributed by atoms with Gasteiger partial charge >= 0.3 is 0 Å². The van der Waals surface area contributed by atoms with E-state index >= 15 is 0 Å². The quantitative estimate of drug-likeness (QED) is 0.729. The summed E-state index contributed by atoms with van der Waals surface area (Å²) in [6, 6.07) is 11.1. The molecular weight excluding hydrogens is 340 g/mol. The first-order chi connectivity index (χ1) is 11.1. The molecule has 0 heterocycles. The maximum absolute atomic E-state index is 13.6. The van der Waals surface area contributed by atoms with Gasteiger partial charge < -0.3 is 10.1 Å². The molecule has 2 aromatic rings. The Balaban J connectivity index is 1.65. The largest absolute Gasteiger partial charge is 0.494 e. The van der Waals surface area contributed by atoms with Gasteiger partial charge in [0.15, 0.2) is 0 Å². The molecule has 0 aliphatic carbocycles. The molecule has 2 aromatic carbocycles. The van der Waals surface area contributed by atoms with Crippen LogP contribution in [0.4, 0.5) is 4.39 Å². The SMILES string of the molecule is O=C(NCCCCOc1ccc(Cl)cc1)c1ccc(Cl)cc1F. The van der Waals surface area contributed by atoms with Crippen LogP contribution in [0.1, 0.15) is 23.2 Å². The van der Waals surface area contributed by atoms with E-state index in [1.54, 1.807) is 24.3 Å². The van der Waals surface area contributed by atoms with Crippen LogP contribution in [-0.2, 0) is 0 Å². The van der Waals surface area contributed by atoms with E-state index in [2.05, 4.69) is 5.32 Å². The van der Waals surface area contributed by atoms with Crippen LogP contribution >= 0.6 is 23.2 Å². The highest BCUT2D eigenvalue weighted by atomic mass is 35.5. The summed E-state index contributed by atoms with van der Waals surface area (Å²) in [5, 5.41) is 3.59. The molecule has 0 radical (unpaired) electrons. The van der Waals surface area contributed by atoms with Crippen LogP contribution in [0.5, 0.6) is 5.75 Å². The Labute approximate surface area is 144 Å². The molecule has 1 N–H and O–H groups in total. The highest BCUT2D eigenvalue weighted by Crippen LogP contribution is 2.16. The van der Waals surface area contributed by atoms with Crippen molar-refractivity contribution in [2.75, 3.05) is 13.2 Å². The molecule has 0 unspecified atom stereocenters. The standard InChI is InChI=1S/C17H16Cl2FNO2/c18-12-3-6-14(7-4-12)23-10-2-1-9-21-17(22)15-8-5-13(19)11-16(15)20/h3-8,11H,1-2,9-10H2,(H,21,22). The Bertz CT molecular complexity index is 662. The molecule has 6 heteroatoms. The summed E-state index contributed by atoms with van der Waals surface area (Å²) >= 11 is 11.4. The molecule has 23 heavy (non-hydrogen) atoms. The van der Waals surface area contributed by atoms with E-state index in [4.69, 9.17) is 27.9 Å². The third kappa shape index (κ3) is 5.73. The van der Waals surface area contributed by atoms with Crippen LogP contribution in [-0.4, -0.2) is 19.1 Å². The van der Waals surface area contributed by atoms with Gasteiger partial charge in [-0.2, -0.15) is 0 Å². The molecule has 122 valence electrons. The van der Waals surface area contributed by atoms with Gasteiger partial charge in [0.2, 0.25) is 0 Å². The first kappa shape index (κ1) is 17.6. The van der Waals surface area contributed by atoms with E-state index < -0.39 is 11.7 Å². The number of carbonyl (C=O) groups excluding carboxylic acids is 1. The minimum atomic E-state index is -0.624. The number of carbonyl (C=O) groups is 1. The number of ether oxygens (including phenoxy) is 1. The molecule has 2 rings (SSSR count). The van der Waals surface area contributed by atoms with Gasteiger partial charge in [0.1, 0.15) is 11.6 Å². The molecule has 0 atom stereocenters. The second-order valence-electron chi connectivity index (χ2n) is 4.89. The van der Waals surface area contributed by atoms with Gasteiger partial charge in [0.25, 0.3) is 5.91 Å². The van der Waals surface area contributed by atoms with E-state index in [0.29, 0.717) is 18.2 Å². The number of hydrogen-bond acceptors (Lipinski definition) is 2. The average molecular weight is 356 g/mol. The van der Waals surface area contributed by atoms with Gasteiger partial charge in [0.05, 0.1) is 12.2 Å². The molecule has 0 aliphatic heterocycles. The molecule has 0 bridgehead atoms. The van der Waals surface area contributed by atoms with Crippen molar-refractivity contribution in [3.8, 4) is 5.75 Å². The van der Waals surface area contributed by atoms with Crippen molar-refractivity contribution < 1.29 is 13.9 Å². The fourth-order valence-electron chi connectivity index (χ4n) is 1.92. The molecule has 0 aliphatic rings. The number of hydrogen-bond donors (Lipinski definition) is 1. The van der Waals surface area contributed by atoms with Gasteiger partial charge in [-0.25, -0.2) is 4.39 Å². The Morgan fingerprint density at radius 1 is 1.04 bits per heavy atom. The predicted molar refractivity (Wildman–Crippen MR) is 89.9 cm³/mol.